The van der Waals surface area contributed by atoms with Crippen LogP contribution in [0.15, 0.2) is 18.2 Å². The summed E-state index contributed by atoms with van der Waals surface area (Å²) in [5, 5.41) is 12.5. The summed E-state index contributed by atoms with van der Waals surface area (Å²) in [4.78, 5) is 12.0. The first-order valence-corrected chi connectivity index (χ1v) is 5.64. The number of ether oxygens (including phenoxy) is 2. The molecule has 2 N–H and O–H groups in total. The van der Waals surface area contributed by atoms with E-state index >= 15 is 0 Å². The normalized spacial score (nSPS) is 13.2. The number of nitrogens with one attached hydrogen (secondary N) is 1. The molecule has 19 heavy (non-hydrogen) atoms. The van der Waals surface area contributed by atoms with Crippen LogP contribution in [0.3, 0.4) is 0 Å². The van der Waals surface area contributed by atoms with Crippen molar-refractivity contribution in [1.82, 2.24) is 5.32 Å². The third kappa shape index (κ3) is 2.98. The van der Waals surface area contributed by atoms with Crippen LogP contribution in [0.4, 0.5) is 0 Å². The molecule has 0 aliphatic heterocycles. The van der Waals surface area contributed by atoms with Gasteiger partial charge in [0, 0.05) is 0 Å². The van der Waals surface area contributed by atoms with Crippen LogP contribution in [0.2, 0.25) is 0 Å². The molecule has 1 atom stereocenters. The maximum atomic E-state index is 12.0. The highest BCUT2D eigenvalue weighted by atomic mass is 16.5. The van der Waals surface area contributed by atoms with Crippen molar-refractivity contribution in [3.8, 4) is 23.8 Å². The zero-order valence-corrected chi connectivity index (χ0v) is 11.2. The van der Waals surface area contributed by atoms with Crippen LogP contribution in [-0.2, 0) is 15.1 Å². The summed E-state index contributed by atoms with van der Waals surface area (Å²) < 4.78 is 9.83. The van der Waals surface area contributed by atoms with E-state index in [1.54, 1.807) is 19.1 Å². The minimum absolute atomic E-state index is 0.00424. The molecule has 5 nitrogen and oxygen atoms in total. The number of rotatable bonds is 5. The summed E-state index contributed by atoms with van der Waals surface area (Å²) in [6.07, 6.45) is 5.21. The van der Waals surface area contributed by atoms with Gasteiger partial charge in [0.1, 0.15) is 5.54 Å². The number of aromatic hydroxyl groups is 1. The fraction of sp³-hybridized carbons (Fsp3) is 0.357. The quantitative estimate of drug-likeness (QED) is 0.613. The van der Waals surface area contributed by atoms with E-state index in [1.165, 1.54) is 20.3 Å². The minimum Gasteiger partial charge on any atom is -0.504 e. The SMILES string of the molecule is C#CCNC(C)(C(=O)OC)c1ccc(O)c(OC)c1. The van der Waals surface area contributed by atoms with Gasteiger partial charge in [-0.1, -0.05) is 12.0 Å². The number of benzene rings is 1. The number of esters is 1. The van der Waals surface area contributed by atoms with Gasteiger partial charge in [0.2, 0.25) is 0 Å². The lowest BCUT2D eigenvalue weighted by Gasteiger charge is -2.28. The summed E-state index contributed by atoms with van der Waals surface area (Å²) in [6, 6.07) is 4.63. The van der Waals surface area contributed by atoms with E-state index in [2.05, 4.69) is 11.2 Å². The zero-order chi connectivity index (χ0) is 14.5. The lowest BCUT2D eigenvalue weighted by Crippen LogP contribution is -2.47. The molecule has 0 aromatic heterocycles. The van der Waals surface area contributed by atoms with Gasteiger partial charge < -0.3 is 14.6 Å². The molecule has 102 valence electrons. The standard InChI is InChI=1S/C14H17NO4/c1-5-8-15-14(2,13(17)19-4)10-6-7-11(16)12(9-10)18-3/h1,6-7,9,15-16H,8H2,2-4H3. The predicted octanol–water partition coefficient (Wildman–Crippen LogP) is 1.01. The van der Waals surface area contributed by atoms with Crippen molar-refractivity contribution in [1.29, 1.82) is 0 Å². The molecule has 0 amide bonds. The molecule has 1 rings (SSSR count). The molecule has 1 aromatic rings. The number of hydrogen-bond acceptors (Lipinski definition) is 5. The minimum atomic E-state index is -1.11. The molecule has 0 spiro atoms. The molecule has 0 saturated heterocycles. The van der Waals surface area contributed by atoms with Crippen molar-refractivity contribution in [2.75, 3.05) is 20.8 Å². The van der Waals surface area contributed by atoms with Crippen LogP contribution < -0.4 is 10.1 Å². The highest BCUT2D eigenvalue weighted by Gasteiger charge is 2.36. The first kappa shape index (κ1) is 14.9. The van der Waals surface area contributed by atoms with E-state index < -0.39 is 11.5 Å². The van der Waals surface area contributed by atoms with Crippen molar-refractivity contribution < 1.29 is 19.4 Å². The first-order valence-electron chi connectivity index (χ1n) is 5.64. The van der Waals surface area contributed by atoms with Crippen LogP contribution in [0.25, 0.3) is 0 Å². The highest BCUT2D eigenvalue weighted by molar-refractivity contribution is 5.82. The smallest absolute Gasteiger partial charge is 0.330 e. The summed E-state index contributed by atoms with van der Waals surface area (Å²) in [5.41, 5.74) is -0.522. The second kappa shape index (κ2) is 6.12. The fourth-order valence-electron chi connectivity index (χ4n) is 1.71. The lowest BCUT2D eigenvalue weighted by molar-refractivity contribution is -0.148. The van der Waals surface area contributed by atoms with Crippen molar-refractivity contribution in [2.24, 2.45) is 0 Å². The van der Waals surface area contributed by atoms with Crippen molar-refractivity contribution in [3.05, 3.63) is 23.8 Å². The summed E-state index contributed by atoms with van der Waals surface area (Å²) >= 11 is 0. The first-order chi connectivity index (χ1) is 8.99. The van der Waals surface area contributed by atoms with Crippen LogP contribution >= 0.6 is 0 Å². The Morgan fingerprint density at radius 3 is 2.74 bits per heavy atom. The van der Waals surface area contributed by atoms with Crippen LogP contribution in [0.1, 0.15) is 12.5 Å². The third-order valence-corrected chi connectivity index (χ3v) is 2.89. The maximum absolute atomic E-state index is 12.0. The van der Waals surface area contributed by atoms with Gasteiger partial charge in [-0.3, -0.25) is 5.32 Å². The summed E-state index contributed by atoms with van der Waals surface area (Å²) in [5.74, 6) is 2.21. The number of hydrogen-bond donors (Lipinski definition) is 2. The fourth-order valence-corrected chi connectivity index (χ4v) is 1.71. The van der Waals surface area contributed by atoms with Gasteiger partial charge in [0.15, 0.2) is 11.5 Å². The molecule has 0 aliphatic carbocycles. The van der Waals surface area contributed by atoms with Crippen molar-refractivity contribution in [2.45, 2.75) is 12.5 Å². The Labute approximate surface area is 112 Å². The molecule has 0 fully saturated rings. The number of terminal acetylenes is 1. The Hall–Kier alpha value is -2.19. The number of phenolic OH excluding ortho intramolecular Hbond substituents is 1. The molecule has 0 aliphatic rings. The molecule has 0 heterocycles. The number of carbonyl (C=O) groups is 1. The molecule has 1 unspecified atom stereocenters. The topological polar surface area (TPSA) is 67.8 Å². The maximum Gasteiger partial charge on any atom is 0.330 e. The average Bonchev–Trinajstić information content (AvgIpc) is 2.44. The summed E-state index contributed by atoms with van der Waals surface area (Å²) in [7, 11) is 2.74. The van der Waals surface area contributed by atoms with Crippen molar-refractivity contribution >= 4 is 5.97 Å². The third-order valence-electron chi connectivity index (χ3n) is 2.89. The van der Waals surface area contributed by atoms with Gasteiger partial charge in [-0.05, 0) is 24.6 Å². The number of methoxy groups -OCH3 is 2. The summed E-state index contributed by atoms with van der Waals surface area (Å²) in [6.45, 7) is 1.86. The highest BCUT2D eigenvalue weighted by Crippen LogP contribution is 2.32. The van der Waals surface area contributed by atoms with Gasteiger partial charge in [-0.25, -0.2) is 4.79 Å². The number of carbonyl (C=O) groups excluding carboxylic acids is 1. The van der Waals surface area contributed by atoms with Crippen molar-refractivity contribution in [3.63, 3.8) is 0 Å². The molecular formula is C14H17NO4. The van der Waals surface area contributed by atoms with E-state index in [4.69, 9.17) is 15.9 Å². The van der Waals surface area contributed by atoms with E-state index in [0.717, 1.165) is 0 Å². The largest absolute Gasteiger partial charge is 0.504 e. The monoisotopic (exact) mass is 263 g/mol. The second-order valence-corrected chi connectivity index (χ2v) is 4.06. The van der Waals surface area contributed by atoms with Gasteiger partial charge in [-0.15, -0.1) is 6.42 Å². The van der Waals surface area contributed by atoms with Gasteiger partial charge in [0.25, 0.3) is 0 Å². The van der Waals surface area contributed by atoms with E-state index in [-0.39, 0.29) is 18.0 Å². The Morgan fingerprint density at radius 1 is 1.53 bits per heavy atom. The predicted molar refractivity (Wildman–Crippen MR) is 70.9 cm³/mol. The van der Waals surface area contributed by atoms with E-state index in [0.29, 0.717) is 5.56 Å². The average molecular weight is 263 g/mol. The molecule has 5 heteroatoms. The van der Waals surface area contributed by atoms with Gasteiger partial charge in [0.05, 0.1) is 20.8 Å². The van der Waals surface area contributed by atoms with Crippen LogP contribution in [0.5, 0.6) is 11.5 Å². The Bertz CT molecular complexity index is 507. The van der Waals surface area contributed by atoms with Crippen LogP contribution in [-0.4, -0.2) is 31.8 Å². The molecule has 0 bridgehead atoms. The second-order valence-electron chi connectivity index (χ2n) is 4.06. The molecular weight excluding hydrogens is 246 g/mol. The van der Waals surface area contributed by atoms with Gasteiger partial charge >= 0.3 is 5.97 Å². The molecule has 0 radical (unpaired) electrons. The Kier molecular flexibility index (Phi) is 4.79. The Balaban J connectivity index is 3.25. The van der Waals surface area contributed by atoms with Crippen LogP contribution in [0, 0.1) is 12.3 Å². The van der Waals surface area contributed by atoms with E-state index in [1.807, 2.05) is 0 Å². The zero-order valence-electron chi connectivity index (χ0n) is 11.2. The Morgan fingerprint density at radius 2 is 2.21 bits per heavy atom. The lowest BCUT2D eigenvalue weighted by atomic mass is 9.91. The van der Waals surface area contributed by atoms with E-state index in [9.17, 15) is 9.90 Å². The molecule has 0 saturated carbocycles. The molecule has 1 aromatic carbocycles. The van der Waals surface area contributed by atoms with Gasteiger partial charge in [-0.2, -0.15) is 0 Å². The number of phenols is 1.